The van der Waals surface area contributed by atoms with Crippen LogP contribution in [0.15, 0.2) is 29.3 Å². The van der Waals surface area contributed by atoms with E-state index in [0.29, 0.717) is 0 Å². The van der Waals surface area contributed by atoms with Crippen molar-refractivity contribution in [1.82, 2.24) is 10.6 Å². The molecule has 0 spiro atoms. The summed E-state index contributed by atoms with van der Waals surface area (Å²) in [5, 5.41) is 6.57. The molecule has 6 heteroatoms. The molecule has 0 aliphatic rings. The molecule has 0 aromatic heterocycles. The fourth-order valence-corrected chi connectivity index (χ4v) is 1.90. The van der Waals surface area contributed by atoms with E-state index in [9.17, 15) is 0 Å². The third-order valence-electron chi connectivity index (χ3n) is 3.03. The van der Waals surface area contributed by atoms with Gasteiger partial charge in [-0.3, -0.25) is 4.99 Å². The van der Waals surface area contributed by atoms with E-state index in [1.807, 2.05) is 19.1 Å². The fourth-order valence-electron chi connectivity index (χ4n) is 1.90. The summed E-state index contributed by atoms with van der Waals surface area (Å²) in [7, 11) is 3.47. The lowest BCUT2D eigenvalue weighted by Gasteiger charge is -2.12. The summed E-state index contributed by atoms with van der Waals surface area (Å²) in [6.45, 7) is 5.25. The first-order chi connectivity index (χ1) is 10.3. The Morgan fingerprint density at radius 3 is 2.68 bits per heavy atom. The number of hydrogen-bond donors (Lipinski definition) is 2. The molecule has 5 nitrogen and oxygen atoms in total. The standard InChI is InChI=1S/C16H27N3O2.HI/c1-4-21-12-6-10-18-16(17-2)19-11-9-14-7-5-8-15(13-14)20-3;/h5,7-8,13H,4,6,9-12H2,1-3H3,(H2,17,18,19);1H. The van der Waals surface area contributed by atoms with E-state index in [4.69, 9.17) is 9.47 Å². The van der Waals surface area contributed by atoms with Crippen molar-refractivity contribution in [2.45, 2.75) is 19.8 Å². The van der Waals surface area contributed by atoms with Crippen molar-refractivity contribution in [2.75, 3.05) is 40.5 Å². The lowest BCUT2D eigenvalue weighted by Crippen LogP contribution is -2.39. The maximum Gasteiger partial charge on any atom is 0.190 e. The van der Waals surface area contributed by atoms with Crippen LogP contribution in [0, 0.1) is 0 Å². The van der Waals surface area contributed by atoms with E-state index in [-0.39, 0.29) is 24.0 Å². The molecule has 0 atom stereocenters. The first kappa shape index (κ1) is 21.0. The van der Waals surface area contributed by atoms with Crippen LogP contribution < -0.4 is 15.4 Å². The normalized spacial score (nSPS) is 10.8. The number of methoxy groups -OCH3 is 1. The number of nitrogens with one attached hydrogen (secondary N) is 2. The van der Waals surface area contributed by atoms with E-state index in [0.717, 1.165) is 50.9 Å². The molecule has 0 bridgehead atoms. The lowest BCUT2D eigenvalue weighted by molar-refractivity contribution is 0.145. The van der Waals surface area contributed by atoms with Gasteiger partial charge in [-0.2, -0.15) is 0 Å². The molecule has 0 aliphatic carbocycles. The van der Waals surface area contributed by atoms with Crippen molar-refractivity contribution in [1.29, 1.82) is 0 Å². The summed E-state index contributed by atoms with van der Waals surface area (Å²) in [5.74, 6) is 1.72. The smallest absolute Gasteiger partial charge is 0.190 e. The molecule has 1 aromatic rings. The highest BCUT2D eigenvalue weighted by Crippen LogP contribution is 2.12. The van der Waals surface area contributed by atoms with Crippen LogP contribution in [0.4, 0.5) is 0 Å². The quantitative estimate of drug-likeness (QED) is 0.279. The zero-order valence-corrected chi connectivity index (χ0v) is 16.1. The Hall–Kier alpha value is -1.02. The topological polar surface area (TPSA) is 54.9 Å². The number of benzene rings is 1. The van der Waals surface area contributed by atoms with Gasteiger partial charge in [-0.25, -0.2) is 0 Å². The summed E-state index contributed by atoms with van der Waals surface area (Å²) < 4.78 is 10.5. The summed E-state index contributed by atoms with van der Waals surface area (Å²) in [5.41, 5.74) is 1.24. The molecule has 2 N–H and O–H groups in total. The van der Waals surface area contributed by atoms with E-state index in [2.05, 4.69) is 27.8 Å². The van der Waals surface area contributed by atoms with Gasteiger partial charge < -0.3 is 20.1 Å². The maximum atomic E-state index is 5.30. The van der Waals surface area contributed by atoms with Crippen LogP contribution in [0.2, 0.25) is 0 Å². The molecule has 0 amide bonds. The molecule has 126 valence electrons. The van der Waals surface area contributed by atoms with Gasteiger partial charge >= 0.3 is 0 Å². The van der Waals surface area contributed by atoms with Crippen LogP contribution in [0.3, 0.4) is 0 Å². The lowest BCUT2D eigenvalue weighted by atomic mass is 10.1. The van der Waals surface area contributed by atoms with E-state index in [1.165, 1.54) is 5.56 Å². The molecule has 0 unspecified atom stereocenters. The Bertz CT molecular complexity index is 428. The maximum absolute atomic E-state index is 5.30. The van der Waals surface area contributed by atoms with E-state index >= 15 is 0 Å². The van der Waals surface area contributed by atoms with Gasteiger partial charge in [-0.05, 0) is 37.5 Å². The SMILES string of the molecule is CCOCCCNC(=NC)NCCc1cccc(OC)c1.I. The van der Waals surface area contributed by atoms with Crippen LogP contribution in [0.25, 0.3) is 0 Å². The third-order valence-corrected chi connectivity index (χ3v) is 3.03. The van der Waals surface area contributed by atoms with Crippen LogP contribution in [-0.2, 0) is 11.2 Å². The number of rotatable bonds is 9. The van der Waals surface area contributed by atoms with Crippen molar-refractivity contribution >= 4 is 29.9 Å². The Morgan fingerprint density at radius 1 is 1.23 bits per heavy atom. The Balaban J connectivity index is 0.00000441. The molecular weight excluding hydrogens is 393 g/mol. The zero-order valence-electron chi connectivity index (χ0n) is 13.7. The second-order valence-corrected chi connectivity index (χ2v) is 4.58. The van der Waals surface area contributed by atoms with Crippen molar-refractivity contribution in [3.05, 3.63) is 29.8 Å². The summed E-state index contributed by atoms with van der Waals surface area (Å²) >= 11 is 0. The third kappa shape index (κ3) is 9.09. The van der Waals surface area contributed by atoms with Crippen molar-refractivity contribution in [3.8, 4) is 5.75 Å². The van der Waals surface area contributed by atoms with Crippen LogP contribution in [0.5, 0.6) is 5.75 Å². The number of halogens is 1. The van der Waals surface area contributed by atoms with Gasteiger partial charge in [0.1, 0.15) is 5.75 Å². The second-order valence-electron chi connectivity index (χ2n) is 4.58. The second kappa shape index (κ2) is 13.6. The minimum atomic E-state index is 0. The van der Waals surface area contributed by atoms with Crippen LogP contribution in [-0.4, -0.2) is 46.4 Å². The minimum absolute atomic E-state index is 0. The molecule has 1 aromatic carbocycles. The Labute approximate surface area is 150 Å². The first-order valence-corrected chi connectivity index (χ1v) is 7.45. The molecule has 1 rings (SSSR count). The number of guanidine groups is 1. The zero-order chi connectivity index (χ0) is 15.3. The van der Waals surface area contributed by atoms with Gasteiger partial charge in [0, 0.05) is 33.4 Å². The number of ether oxygens (including phenoxy) is 2. The minimum Gasteiger partial charge on any atom is -0.497 e. The van der Waals surface area contributed by atoms with Crippen molar-refractivity contribution in [3.63, 3.8) is 0 Å². The largest absolute Gasteiger partial charge is 0.497 e. The molecular formula is C16H28IN3O2. The number of aliphatic imine (C=N–C) groups is 1. The molecule has 0 saturated heterocycles. The highest BCUT2D eigenvalue weighted by Gasteiger charge is 1.99. The monoisotopic (exact) mass is 421 g/mol. The predicted octanol–water partition coefficient (Wildman–Crippen LogP) is 2.45. The Morgan fingerprint density at radius 2 is 2.00 bits per heavy atom. The van der Waals surface area contributed by atoms with Crippen LogP contribution in [0.1, 0.15) is 18.9 Å². The molecule has 0 saturated carbocycles. The summed E-state index contributed by atoms with van der Waals surface area (Å²) in [4.78, 5) is 4.20. The number of nitrogens with zero attached hydrogens (tertiary/aromatic N) is 1. The molecule has 22 heavy (non-hydrogen) atoms. The number of hydrogen-bond acceptors (Lipinski definition) is 3. The van der Waals surface area contributed by atoms with E-state index < -0.39 is 0 Å². The molecule has 0 radical (unpaired) electrons. The summed E-state index contributed by atoms with van der Waals surface area (Å²) in [6.07, 6.45) is 1.90. The summed E-state index contributed by atoms with van der Waals surface area (Å²) in [6, 6.07) is 8.12. The first-order valence-electron chi connectivity index (χ1n) is 7.45. The average Bonchev–Trinajstić information content (AvgIpc) is 2.53. The van der Waals surface area contributed by atoms with Crippen molar-refractivity contribution < 1.29 is 9.47 Å². The van der Waals surface area contributed by atoms with Gasteiger partial charge in [0.05, 0.1) is 7.11 Å². The van der Waals surface area contributed by atoms with Gasteiger partial charge in [-0.15, -0.1) is 24.0 Å². The average molecular weight is 421 g/mol. The van der Waals surface area contributed by atoms with Gasteiger partial charge in [0.15, 0.2) is 5.96 Å². The molecule has 0 aliphatic heterocycles. The van der Waals surface area contributed by atoms with Gasteiger partial charge in [-0.1, -0.05) is 12.1 Å². The van der Waals surface area contributed by atoms with E-state index in [1.54, 1.807) is 14.2 Å². The van der Waals surface area contributed by atoms with Crippen molar-refractivity contribution in [2.24, 2.45) is 4.99 Å². The fraction of sp³-hybridized carbons (Fsp3) is 0.562. The predicted molar refractivity (Wildman–Crippen MR) is 103 cm³/mol. The molecule has 0 fully saturated rings. The Kier molecular flexibility index (Phi) is 13.0. The van der Waals surface area contributed by atoms with Gasteiger partial charge in [0.2, 0.25) is 0 Å². The highest BCUT2D eigenvalue weighted by molar-refractivity contribution is 14.0. The highest BCUT2D eigenvalue weighted by atomic mass is 127. The molecule has 0 heterocycles. The van der Waals surface area contributed by atoms with Crippen LogP contribution >= 0.6 is 24.0 Å². The van der Waals surface area contributed by atoms with Gasteiger partial charge in [0.25, 0.3) is 0 Å².